The van der Waals surface area contributed by atoms with E-state index in [-0.39, 0.29) is 11.8 Å². The molecule has 3 aromatic carbocycles. The zero-order valence-electron chi connectivity index (χ0n) is 12.2. The van der Waals surface area contributed by atoms with Crippen LogP contribution in [0.15, 0.2) is 69.3 Å². The lowest BCUT2D eigenvalue weighted by atomic mass is 9.61. The van der Waals surface area contributed by atoms with Gasteiger partial charge in [0.2, 0.25) is 0 Å². The summed E-state index contributed by atoms with van der Waals surface area (Å²) in [6.07, 6.45) is 0. The molecule has 3 aliphatic rings. The molecular formula is C20H14S3. The minimum absolute atomic E-state index is 0.203. The van der Waals surface area contributed by atoms with E-state index in [1.807, 2.05) is 0 Å². The Morgan fingerprint density at radius 1 is 0.478 bits per heavy atom. The average molecular weight is 351 g/mol. The molecule has 0 heterocycles. The average Bonchev–Trinajstić information content (AvgIpc) is 2.55. The summed E-state index contributed by atoms with van der Waals surface area (Å²) in [7, 11) is 0. The van der Waals surface area contributed by atoms with Gasteiger partial charge in [-0.1, -0.05) is 36.4 Å². The highest BCUT2D eigenvalue weighted by atomic mass is 32.1. The first-order valence-corrected chi connectivity index (χ1v) is 8.98. The maximum Gasteiger partial charge on any atom is 0.0371 e. The topological polar surface area (TPSA) is 0 Å². The molecule has 0 aliphatic heterocycles. The number of benzene rings is 3. The number of thiol groups is 3. The van der Waals surface area contributed by atoms with E-state index in [0.717, 1.165) is 14.7 Å². The highest BCUT2D eigenvalue weighted by molar-refractivity contribution is 7.80. The van der Waals surface area contributed by atoms with Crippen LogP contribution in [0.4, 0.5) is 0 Å². The van der Waals surface area contributed by atoms with Gasteiger partial charge in [-0.05, 0) is 51.6 Å². The van der Waals surface area contributed by atoms with Crippen molar-refractivity contribution in [1.29, 1.82) is 0 Å². The fourth-order valence-electron chi connectivity index (χ4n) is 4.34. The maximum absolute atomic E-state index is 4.77. The molecule has 0 atom stereocenters. The van der Waals surface area contributed by atoms with Gasteiger partial charge in [0.25, 0.3) is 0 Å². The number of rotatable bonds is 0. The Hall–Kier alpha value is -1.29. The van der Waals surface area contributed by atoms with E-state index < -0.39 is 0 Å². The van der Waals surface area contributed by atoms with Gasteiger partial charge in [0.1, 0.15) is 0 Å². The van der Waals surface area contributed by atoms with E-state index in [0.29, 0.717) is 0 Å². The standard InChI is InChI=1S/C20H14S3/c21-13-7-3-6-12-17(13)16-10-4-1-8-14(22)18(10)20(12)19-11(16)5-2-9-15(19)23/h1-9,16,20-23H. The summed E-state index contributed by atoms with van der Waals surface area (Å²) in [5.74, 6) is 0.433. The fraction of sp³-hybridized carbons (Fsp3) is 0.100. The van der Waals surface area contributed by atoms with Crippen LogP contribution in [0.25, 0.3) is 0 Å². The van der Waals surface area contributed by atoms with Crippen molar-refractivity contribution in [3.63, 3.8) is 0 Å². The van der Waals surface area contributed by atoms with E-state index in [4.69, 9.17) is 37.9 Å². The number of hydrogen-bond acceptors (Lipinski definition) is 3. The zero-order valence-corrected chi connectivity index (χ0v) is 14.9. The SMILES string of the molecule is Sc1cccc2c1C1c3cccc(S)c3C2c2c(S)cccc21. The second-order valence-corrected chi connectivity index (χ2v) is 7.65. The Kier molecular flexibility index (Phi) is 2.97. The Morgan fingerprint density at radius 3 is 1.26 bits per heavy atom. The van der Waals surface area contributed by atoms with Gasteiger partial charge in [-0.3, -0.25) is 0 Å². The molecule has 2 bridgehead atoms. The van der Waals surface area contributed by atoms with Crippen molar-refractivity contribution in [2.45, 2.75) is 26.5 Å². The van der Waals surface area contributed by atoms with Crippen LogP contribution in [0.5, 0.6) is 0 Å². The molecule has 0 radical (unpaired) electrons. The molecule has 3 aromatic rings. The minimum atomic E-state index is 0.203. The van der Waals surface area contributed by atoms with Crippen molar-refractivity contribution in [3.05, 3.63) is 88.0 Å². The van der Waals surface area contributed by atoms with Crippen molar-refractivity contribution in [3.8, 4) is 0 Å². The molecule has 0 aromatic heterocycles. The zero-order chi connectivity index (χ0) is 15.7. The second kappa shape index (κ2) is 4.85. The van der Waals surface area contributed by atoms with Crippen LogP contribution < -0.4 is 0 Å². The van der Waals surface area contributed by atoms with Crippen LogP contribution in [-0.2, 0) is 0 Å². The van der Waals surface area contributed by atoms with Crippen LogP contribution in [-0.4, -0.2) is 0 Å². The number of hydrogen-bond donors (Lipinski definition) is 3. The summed E-state index contributed by atoms with van der Waals surface area (Å²) in [5, 5.41) is 0. The van der Waals surface area contributed by atoms with E-state index in [1.54, 1.807) is 0 Å². The second-order valence-electron chi connectivity index (χ2n) is 6.21. The molecule has 0 unspecified atom stereocenters. The molecule has 0 amide bonds. The molecule has 3 aliphatic carbocycles. The van der Waals surface area contributed by atoms with E-state index >= 15 is 0 Å². The molecular weight excluding hydrogens is 336 g/mol. The lowest BCUT2D eigenvalue weighted by Gasteiger charge is -2.43. The van der Waals surface area contributed by atoms with Gasteiger partial charge in [0.05, 0.1) is 0 Å². The molecule has 0 nitrogen and oxygen atoms in total. The van der Waals surface area contributed by atoms with Gasteiger partial charge < -0.3 is 0 Å². The van der Waals surface area contributed by atoms with Crippen LogP contribution in [0, 0.1) is 0 Å². The van der Waals surface area contributed by atoms with Gasteiger partial charge in [-0.25, -0.2) is 0 Å². The molecule has 0 saturated carbocycles. The highest BCUT2D eigenvalue weighted by Crippen LogP contribution is 2.59. The summed E-state index contributed by atoms with van der Waals surface area (Å²) in [6, 6.07) is 19.3. The summed E-state index contributed by atoms with van der Waals surface area (Å²) in [6.45, 7) is 0. The van der Waals surface area contributed by atoms with Gasteiger partial charge in [0.15, 0.2) is 0 Å². The molecule has 112 valence electrons. The Labute approximate surface area is 152 Å². The van der Waals surface area contributed by atoms with Gasteiger partial charge >= 0.3 is 0 Å². The normalized spacial score (nSPS) is 20.0. The van der Waals surface area contributed by atoms with E-state index in [2.05, 4.69) is 54.6 Å². The van der Waals surface area contributed by atoms with Crippen molar-refractivity contribution in [2.75, 3.05) is 0 Å². The predicted octanol–water partition coefficient (Wildman–Crippen LogP) is 5.54. The minimum Gasteiger partial charge on any atom is -0.143 e. The van der Waals surface area contributed by atoms with Gasteiger partial charge in [-0.15, -0.1) is 37.9 Å². The quantitative estimate of drug-likeness (QED) is 0.300. The summed E-state index contributed by atoms with van der Waals surface area (Å²) in [5.41, 5.74) is 8.10. The molecule has 0 fully saturated rings. The van der Waals surface area contributed by atoms with E-state index in [9.17, 15) is 0 Å². The Morgan fingerprint density at radius 2 is 0.826 bits per heavy atom. The smallest absolute Gasteiger partial charge is 0.0371 e. The predicted molar refractivity (Wildman–Crippen MR) is 103 cm³/mol. The molecule has 0 spiro atoms. The largest absolute Gasteiger partial charge is 0.143 e. The van der Waals surface area contributed by atoms with Gasteiger partial charge in [0, 0.05) is 26.5 Å². The van der Waals surface area contributed by atoms with Crippen LogP contribution in [0.2, 0.25) is 0 Å². The molecule has 6 rings (SSSR count). The van der Waals surface area contributed by atoms with Crippen molar-refractivity contribution in [1.82, 2.24) is 0 Å². The van der Waals surface area contributed by atoms with Gasteiger partial charge in [-0.2, -0.15) is 0 Å². The lowest BCUT2D eigenvalue weighted by molar-refractivity contribution is 0.713. The van der Waals surface area contributed by atoms with Crippen LogP contribution in [0.3, 0.4) is 0 Å². The Bertz CT molecular complexity index is 921. The lowest BCUT2D eigenvalue weighted by Crippen LogP contribution is -2.28. The molecule has 23 heavy (non-hydrogen) atoms. The van der Waals surface area contributed by atoms with E-state index in [1.165, 1.54) is 33.4 Å². The van der Waals surface area contributed by atoms with Crippen molar-refractivity contribution in [2.24, 2.45) is 0 Å². The fourth-order valence-corrected chi connectivity index (χ4v) is 5.38. The maximum atomic E-state index is 4.77. The molecule has 0 saturated heterocycles. The Balaban J connectivity index is 1.97. The first kappa shape index (κ1) is 14.1. The summed E-state index contributed by atoms with van der Waals surface area (Å²) < 4.78 is 0. The first-order chi connectivity index (χ1) is 11.2. The third-order valence-electron chi connectivity index (χ3n) is 5.15. The molecule has 0 N–H and O–H groups in total. The highest BCUT2D eigenvalue weighted by Gasteiger charge is 2.43. The summed E-state index contributed by atoms with van der Waals surface area (Å²) >= 11 is 14.3. The molecule has 3 heteroatoms. The monoisotopic (exact) mass is 350 g/mol. The van der Waals surface area contributed by atoms with Crippen LogP contribution in [0.1, 0.15) is 45.2 Å². The summed E-state index contributed by atoms with van der Waals surface area (Å²) in [4.78, 5) is 3.20. The third-order valence-corrected chi connectivity index (χ3v) is 6.32. The van der Waals surface area contributed by atoms with Crippen molar-refractivity contribution < 1.29 is 0 Å². The van der Waals surface area contributed by atoms with Crippen LogP contribution >= 0.6 is 37.9 Å². The first-order valence-electron chi connectivity index (χ1n) is 7.63. The third kappa shape index (κ3) is 1.73. The van der Waals surface area contributed by atoms with Crippen molar-refractivity contribution >= 4 is 37.9 Å².